The van der Waals surface area contributed by atoms with Crippen LogP contribution in [0.1, 0.15) is 119 Å². The molecular weight excluding hydrogens is 514 g/mol. The first-order valence-corrected chi connectivity index (χ1v) is 17.1. The third kappa shape index (κ3) is 4.54. The van der Waals surface area contributed by atoms with Crippen molar-refractivity contribution in [2.24, 2.45) is 68.3 Å². The average Bonchev–Trinajstić information content (AvgIpc) is 3.27. The number of nitrogens with two attached hydrogens (primary N) is 1. The summed E-state index contributed by atoms with van der Waals surface area (Å²) in [7, 11) is 0. The minimum Gasteiger partial charge on any atom is -0.390 e. The second-order valence-corrected chi connectivity index (χ2v) is 17.4. The van der Waals surface area contributed by atoms with Gasteiger partial charge in [0.25, 0.3) is 0 Å². The van der Waals surface area contributed by atoms with E-state index >= 15 is 0 Å². The van der Waals surface area contributed by atoms with Crippen molar-refractivity contribution in [2.45, 2.75) is 150 Å². The van der Waals surface area contributed by atoms with Crippen molar-refractivity contribution in [3.63, 3.8) is 0 Å². The summed E-state index contributed by atoms with van der Waals surface area (Å²) in [5, 5.41) is 52.7. The van der Waals surface area contributed by atoms with Crippen molar-refractivity contribution in [1.82, 2.24) is 0 Å². The zero-order valence-corrected chi connectivity index (χ0v) is 27.1. The summed E-state index contributed by atoms with van der Waals surface area (Å²) in [6, 6.07) is 0. The van der Waals surface area contributed by atoms with Crippen molar-refractivity contribution in [1.29, 1.82) is 0 Å². The Morgan fingerprint density at radius 2 is 1.17 bits per heavy atom. The Morgan fingerprint density at radius 1 is 0.610 bits per heavy atom. The Labute approximate surface area is 249 Å². The van der Waals surface area contributed by atoms with Crippen molar-refractivity contribution in [3.8, 4) is 0 Å². The molecule has 0 bridgehead atoms. The van der Waals surface area contributed by atoms with Gasteiger partial charge in [0.2, 0.25) is 0 Å². The SMILES string of the molecule is C[C@@H](C(O)C(O)C(O)C(O)C(O)CN)[C@H]1CC[C@]2(C)[C@H]3CC[C@@H]4[C@@]5(C)CCCC(C)(C)[C@@H]5CC[C@@]4(C)[C@]3(C)CC[C@@H]12. The lowest BCUT2D eigenvalue weighted by atomic mass is 9.32. The molecule has 5 saturated carbocycles. The first-order valence-electron chi connectivity index (χ1n) is 17.1. The molecule has 0 amide bonds. The first-order chi connectivity index (χ1) is 19.0. The summed E-state index contributed by atoms with van der Waals surface area (Å²) in [4.78, 5) is 0. The normalized spacial score (nSPS) is 49.8. The fourth-order valence-electron chi connectivity index (χ4n) is 13.3. The monoisotopic (exact) mass is 577 g/mol. The molecule has 0 aromatic heterocycles. The third-order valence-corrected chi connectivity index (χ3v) is 15.7. The maximum Gasteiger partial charge on any atom is 0.111 e. The molecule has 0 spiro atoms. The number of aliphatic hydroxyl groups excluding tert-OH is 5. The zero-order valence-electron chi connectivity index (χ0n) is 27.1. The summed E-state index contributed by atoms with van der Waals surface area (Å²) >= 11 is 0. The standard InChI is InChI=1S/C35H63NO5/c1-20(27(38)29(40)30(41)28(39)23(37)19-36)21-11-16-32(4)22(21)12-17-34(6)25(32)9-10-26-33(5)15-8-14-31(2,3)24(33)13-18-35(26,34)7/h20-30,37-41H,8-19,36H2,1-7H3/t20-,21-,22+,23?,24+,25-,26-,27?,28?,29?,30?,32+,33+,34-,35-/m1/s1. The van der Waals surface area contributed by atoms with Crippen molar-refractivity contribution in [3.05, 3.63) is 0 Å². The van der Waals surface area contributed by atoms with E-state index in [1.54, 1.807) is 0 Å². The molecule has 0 aromatic rings. The molecule has 0 radical (unpaired) electrons. The number of aliphatic hydroxyl groups is 5. The lowest BCUT2D eigenvalue weighted by molar-refractivity contribution is -0.242. The highest BCUT2D eigenvalue weighted by molar-refractivity contribution is 5.19. The van der Waals surface area contributed by atoms with E-state index < -0.39 is 30.5 Å². The van der Waals surface area contributed by atoms with Crippen LogP contribution in [-0.4, -0.2) is 62.6 Å². The average molecular weight is 578 g/mol. The van der Waals surface area contributed by atoms with Gasteiger partial charge in [0, 0.05) is 6.54 Å². The van der Waals surface area contributed by atoms with Crippen molar-refractivity contribution >= 4 is 0 Å². The zero-order chi connectivity index (χ0) is 30.3. The second kappa shape index (κ2) is 10.7. The van der Waals surface area contributed by atoms with E-state index in [2.05, 4.69) is 41.5 Å². The van der Waals surface area contributed by atoms with E-state index in [0.29, 0.717) is 33.5 Å². The van der Waals surface area contributed by atoms with Gasteiger partial charge in [0.1, 0.15) is 18.3 Å². The predicted octanol–water partition coefficient (Wildman–Crippen LogP) is 4.88. The van der Waals surface area contributed by atoms with E-state index in [1.807, 2.05) is 6.92 Å². The molecule has 0 aromatic carbocycles. The van der Waals surface area contributed by atoms with Crippen LogP contribution >= 0.6 is 0 Å². The van der Waals surface area contributed by atoms with E-state index in [-0.39, 0.29) is 23.8 Å². The highest BCUT2D eigenvalue weighted by Gasteiger charge is 2.70. The predicted molar refractivity (Wildman–Crippen MR) is 163 cm³/mol. The van der Waals surface area contributed by atoms with Crippen molar-refractivity contribution < 1.29 is 25.5 Å². The largest absolute Gasteiger partial charge is 0.390 e. The molecule has 0 aliphatic heterocycles. The molecule has 238 valence electrons. The first kappa shape index (κ1) is 32.2. The summed E-state index contributed by atoms with van der Waals surface area (Å²) in [5.41, 5.74) is 7.20. The topological polar surface area (TPSA) is 127 Å². The van der Waals surface area contributed by atoms with Crippen molar-refractivity contribution in [2.75, 3.05) is 6.54 Å². The molecular formula is C35H63NO5. The molecule has 5 aliphatic rings. The van der Waals surface area contributed by atoms with Crippen LogP contribution < -0.4 is 5.73 Å². The Hall–Kier alpha value is -0.240. The van der Waals surface area contributed by atoms with Gasteiger partial charge in [-0.2, -0.15) is 0 Å². The molecule has 5 rings (SSSR count). The van der Waals surface area contributed by atoms with Gasteiger partial charge in [0.05, 0.1) is 12.2 Å². The maximum absolute atomic E-state index is 11.2. The van der Waals surface area contributed by atoms with E-state index in [1.165, 1.54) is 51.4 Å². The fraction of sp³-hybridized carbons (Fsp3) is 1.00. The Morgan fingerprint density at radius 3 is 1.78 bits per heavy atom. The van der Waals surface area contributed by atoms with Gasteiger partial charge in [-0.05, 0) is 127 Å². The smallest absolute Gasteiger partial charge is 0.111 e. The molecule has 15 atom stereocenters. The summed E-state index contributed by atoms with van der Waals surface area (Å²) < 4.78 is 0. The fourth-order valence-corrected chi connectivity index (χ4v) is 13.3. The highest BCUT2D eigenvalue weighted by atomic mass is 16.4. The van der Waals surface area contributed by atoms with Crippen LogP contribution in [0, 0.1) is 62.6 Å². The minimum atomic E-state index is -1.65. The van der Waals surface area contributed by atoms with Crippen LogP contribution in [0.15, 0.2) is 0 Å². The molecule has 0 saturated heterocycles. The molecule has 6 nitrogen and oxygen atoms in total. The summed E-state index contributed by atoms with van der Waals surface area (Å²) in [5.74, 6) is 2.81. The van der Waals surface area contributed by atoms with Crippen LogP contribution in [0.2, 0.25) is 0 Å². The Bertz CT molecular complexity index is 959. The second-order valence-electron chi connectivity index (χ2n) is 17.4. The van der Waals surface area contributed by atoms with E-state index in [9.17, 15) is 25.5 Å². The number of rotatable bonds is 7. The summed E-state index contributed by atoms with van der Waals surface area (Å²) in [6.45, 7) is 17.4. The quantitative estimate of drug-likeness (QED) is 0.256. The van der Waals surface area contributed by atoms with Gasteiger partial charge < -0.3 is 31.3 Å². The Balaban J connectivity index is 1.36. The van der Waals surface area contributed by atoms with Gasteiger partial charge in [-0.1, -0.05) is 54.9 Å². The Kier molecular flexibility index (Phi) is 8.38. The van der Waals surface area contributed by atoms with E-state index in [0.717, 1.165) is 31.1 Å². The molecule has 0 heterocycles. The van der Waals surface area contributed by atoms with Crippen LogP contribution in [0.5, 0.6) is 0 Å². The highest BCUT2D eigenvalue weighted by Crippen LogP contribution is 2.78. The molecule has 5 unspecified atom stereocenters. The number of hydrogen-bond acceptors (Lipinski definition) is 6. The van der Waals surface area contributed by atoms with Gasteiger partial charge >= 0.3 is 0 Å². The molecule has 5 fully saturated rings. The van der Waals surface area contributed by atoms with Crippen LogP contribution in [0.25, 0.3) is 0 Å². The number of hydrogen-bond donors (Lipinski definition) is 6. The van der Waals surface area contributed by atoms with Gasteiger partial charge in [-0.3, -0.25) is 0 Å². The van der Waals surface area contributed by atoms with Gasteiger partial charge in [0.15, 0.2) is 0 Å². The number of fused-ring (bicyclic) bond motifs is 7. The van der Waals surface area contributed by atoms with Gasteiger partial charge in [-0.25, -0.2) is 0 Å². The molecule has 7 N–H and O–H groups in total. The van der Waals surface area contributed by atoms with Crippen LogP contribution in [-0.2, 0) is 0 Å². The third-order valence-electron chi connectivity index (χ3n) is 15.7. The molecule has 6 heteroatoms. The minimum absolute atomic E-state index is 0.210. The lowest BCUT2D eigenvalue weighted by Crippen LogP contribution is -2.65. The van der Waals surface area contributed by atoms with Crippen LogP contribution in [0.3, 0.4) is 0 Å². The lowest BCUT2D eigenvalue weighted by Gasteiger charge is -2.73. The summed E-state index contributed by atoms with van der Waals surface area (Å²) in [6.07, 6.45) is 6.79. The van der Waals surface area contributed by atoms with E-state index in [4.69, 9.17) is 5.73 Å². The van der Waals surface area contributed by atoms with Gasteiger partial charge in [-0.15, -0.1) is 0 Å². The maximum atomic E-state index is 11.2. The molecule has 41 heavy (non-hydrogen) atoms. The molecule has 5 aliphatic carbocycles. The van der Waals surface area contributed by atoms with Crippen LogP contribution in [0.4, 0.5) is 0 Å².